The fourth-order valence-electron chi connectivity index (χ4n) is 4.02. The largest absolute Gasteiger partial charge is 0.490 e. The van der Waals surface area contributed by atoms with Gasteiger partial charge in [-0.2, -0.15) is 0 Å². The highest BCUT2D eigenvalue weighted by molar-refractivity contribution is 5.95. The van der Waals surface area contributed by atoms with E-state index >= 15 is 0 Å². The van der Waals surface area contributed by atoms with Gasteiger partial charge in [0.1, 0.15) is 0 Å². The molecule has 0 aliphatic rings. The smallest absolute Gasteiger partial charge is 0.251 e. The summed E-state index contributed by atoms with van der Waals surface area (Å²) >= 11 is 0. The molecule has 1 aromatic heterocycles. The first-order valence-corrected chi connectivity index (χ1v) is 11.5. The third-order valence-electron chi connectivity index (χ3n) is 5.54. The molecule has 0 fully saturated rings. The second-order valence-corrected chi connectivity index (χ2v) is 8.00. The van der Waals surface area contributed by atoms with Gasteiger partial charge in [-0.15, -0.1) is 0 Å². The predicted octanol–water partition coefficient (Wildman–Crippen LogP) is 4.41. The summed E-state index contributed by atoms with van der Waals surface area (Å²) in [6, 6.07) is 11.8. The molecule has 7 heteroatoms. The van der Waals surface area contributed by atoms with E-state index in [1.807, 2.05) is 54.0 Å². The monoisotopic (exact) mass is 453 g/mol. The second-order valence-electron chi connectivity index (χ2n) is 8.00. The van der Waals surface area contributed by atoms with Gasteiger partial charge in [-0.25, -0.2) is 0 Å². The molecule has 3 aromatic rings. The highest BCUT2D eigenvalue weighted by Gasteiger charge is 2.22. The second kappa shape index (κ2) is 11.1. The molecule has 7 nitrogen and oxygen atoms in total. The molecule has 0 radical (unpaired) electrons. The van der Waals surface area contributed by atoms with Crippen LogP contribution in [0.25, 0.3) is 10.9 Å². The van der Waals surface area contributed by atoms with E-state index in [4.69, 9.17) is 14.2 Å². The van der Waals surface area contributed by atoms with E-state index in [-0.39, 0.29) is 11.9 Å². The van der Waals surface area contributed by atoms with E-state index in [9.17, 15) is 4.79 Å². The molecule has 3 rings (SSSR count). The summed E-state index contributed by atoms with van der Waals surface area (Å²) in [4.78, 5) is 15.3. The number of nitrogens with zero attached hydrogens (tertiary/aromatic N) is 2. The molecular weight excluding hydrogens is 418 g/mol. The van der Waals surface area contributed by atoms with Crippen LogP contribution in [0.5, 0.6) is 17.2 Å². The number of carbonyl (C=O) groups excluding carboxylic acids is 1. The van der Waals surface area contributed by atoms with Gasteiger partial charge < -0.3 is 29.0 Å². The number of benzene rings is 2. The zero-order chi connectivity index (χ0) is 24.0. The number of amides is 1. The highest BCUT2D eigenvalue weighted by atomic mass is 16.5. The number of aromatic nitrogens is 1. The molecule has 1 N–H and O–H groups in total. The van der Waals surface area contributed by atoms with Gasteiger partial charge in [-0.1, -0.05) is 18.2 Å². The average Bonchev–Trinajstić information content (AvgIpc) is 3.12. The molecule has 1 atom stereocenters. The van der Waals surface area contributed by atoms with Crippen LogP contribution in [0.3, 0.4) is 0 Å². The van der Waals surface area contributed by atoms with E-state index in [0.717, 1.165) is 0 Å². The van der Waals surface area contributed by atoms with Gasteiger partial charge in [0.05, 0.1) is 25.9 Å². The van der Waals surface area contributed by atoms with Crippen molar-refractivity contribution >= 4 is 16.8 Å². The Balaban J connectivity index is 1.87. The van der Waals surface area contributed by atoms with Crippen molar-refractivity contribution in [3.8, 4) is 17.2 Å². The molecule has 1 unspecified atom stereocenters. The van der Waals surface area contributed by atoms with Crippen molar-refractivity contribution in [1.82, 2.24) is 14.8 Å². The Morgan fingerprint density at radius 2 is 1.61 bits per heavy atom. The molecule has 0 saturated heterocycles. The van der Waals surface area contributed by atoms with E-state index < -0.39 is 0 Å². The fourth-order valence-corrected chi connectivity index (χ4v) is 4.02. The lowest BCUT2D eigenvalue weighted by molar-refractivity contribution is 0.0941. The van der Waals surface area contributed by atoms with Crippen molar-refractivity contribution in [2.75, 3.05) is 40.5 Å². The van der Waals surface area contributed by atoms with E-state index in [0.29, 0.717) is 49.2 Å². The van der Waals surface area contributed by atoms with Gasteiger partial charge >= 0.3 is 0 Å². The number of aryl methyl sites for hydroxylation is 1. The van der Waals surface area contributed by atoms with Crippen molar-refractivity contribution < 1.29 is 19.0 Å². The summed E-state index contributed by atoms with van der Waals surface area (Å²) in [5.74, 6) is 1.36. The SMILES string of the molecule is CCOc1cc(C(=O)NCC(c2cn(C)c3ccccc23)N(C)C)cc(OCC)c1OCC. The Labute approximate surface area is 196 Å². The van der Waals surface area contributed by atoms with Gasteiger partial charge in [0, 0.05) is 36.3 Å². The Bertz CT molecular complexity index is 1060. The number of ether oxygens (including phenoxy) is 3. The summed E-state index contributed by atoms with van der Waals surface area (Å²) in [6.07, 6.45) is 2.14. The maximum Gasteiger partial charge on any atom is 0.251 e. The average molecular weight is 454 g/mol. The predicted molar refractivity (Wildman–Crippen MR) is 132 cm³/mol. The number of hydrogen-bond donors (Lipinski definition) is 1. The van der Waals surface area contributed by atoms with Crippen LogP contribution in [0.4, 0.5) is 0 Å². The Morgan fingerprint density at radius 3 is 2.18 bits per heavy atom. The number of likely N-dealkylation sites (N-methyl/N-ethyl adjacent to an activating group) is 1. The Morgan fingerprint density at radius 1 is 1.00 bits per heavy atom. The summed E-state index contributed by atoms with van der Waals surface area (Å²) in [5, 5.41) is 4.29. The van der Waals surface area contributed by atoms with Crippen LogP contribution in [0.15, 0.2) is 42.6 Å². The van der Waals surface area contributed by atoms with Gasteiger partial charge in [-0.05, 0) is 58.6 Å². The molecule has 0 bridgehead atoms. The minimum Gasteiger partial charge on any atom is -0.490 e. The van der Waals surface area contributed by atoms with Crippen LogP contribution in [-0.2, 0) is 7.05 Å². The first-order chi connectivity index (χ1) is 15.9. The summed E-state index contributed by atoms with van der Waals surface area (Å²) < 4.78 is 19.4. The standard InChI is InChI=1S/C26H35N3O4/c1-7-31-23-14-18(15-24(32-8-2)25(23)33-9-3)26(30)27-16-22(28(4)5)20-17-29(6)21-13-11-10-12-19(20)21/h10-15,17,22H,7-9,16H2,1-6H3,(H,27,30). The van der Waals surface area contributed by atoms with E-state index in [1.54, 1.807) is 12.1 Å². The van der Waals surface area contributed by atoms with Crippen molar-refractivity contribution in [2.45, 2.75) is 26.8 Å². The van der Waals surface area contributed by atoms with Crippen LogP contribution < -0.4 is 19.5 Å². The van der Waals surface area contributed by atoms with Gasteiger partial charge in [0.2, 0.25) is 5.75 Å². The molecule has 178 valence electrons. The first-order valence-electron chi connectivity index (χ1n) is 11.5. The van der Waals surface area contributed by atoms with Crippen LogP contribution in [0, 0.1) is 0 Å². The maximum atomic E-state index is 13.2. The lowest BCUT2D eigenvalue weighted by Gasteiger charge is -2.25. The lowest BCUT2D eigenvalue weighted by Crippen LogP contribution is -2.34. The van der Waals surface area contributed by atoms with Gasteiger partial charge in [0.25, 0.3) is 5.91 Å². The van der Waals surface area contributed by atoms with Crippen LogP contribution in [-0.4, -0.2) is 55.8 Å². The van der Waals surface area contributed by atoms with E-state index in [2.05, 4.69) is 33.1 Å². The molecule has 0 spiro atoms. The fraction of sp³-hybridized carbons (Fsp3) is 0.423. The normalized spacial score (nSPS) is 12.1. The van der Waals surface area contributed by atoms with Crippen molar-refractivity contribution in [3.05, 3.63) is 53.7 Å². The molecule has 0 aliphatic carbocycles. The molecule has 1 amide bonds. The van der Waals surface area contributed by atoms with Crippen LogP contribution in [0.1, 0.15) is 42.7 Å². The summed E-state index contributed by atoms with van der Waals surface area (Å²) in [7, 11) is 6.09. The number of para-hydroxylation sites is 1. The zero-order valence-corrected chi connectivity index (χ0v) is 20.5. The Hall–Kier alpha value is -3.19. The molecule has 0 aliphatic heterocycles. The Kier molecular flexibility index (Phi) is 8.22. The van der Waals surface area contributed by atoms with Crippen molar-refractivity contribution in [2.24, 2.45) is 7.05 Å². The third-order valence-corrected chi connectivity index (χ3v) is 5.54. The maximum absolute atomic E-state index is 13.2. The zero-order valence-electron chi connectivity index (χ0n) is 20.5. The number of fused-ring (bicyclic) bond motifs is 1. The minimum atomic E-state index is -0.188. The summed E-state index contributed by atoms with van der Waals surface area (Å²) in [6.45, 7) is 7.55. The molecule has 33 heavy (non-hydrogen) atoms. The summed E-state index contributed by atoms with van der Waals surface area (Å²) in [5.41, 5.74) is 2.82. The van der Waals surface area contributed by atoms with Gasteiger partial charge in [-0.3, -0.25) is 4.79 Å². The minimum absolute atomic E-state index is 0.0143. The van der Waals surface area contributed by atoms with Crippen LogP contribution in [0.2, 0.25) is 0 Å². The number of hydrogen-bond acceptors (Lipinski definition) is 5. The number of rotatable bonds is 11. The van der Waals surface area contributed by atoms with Gasteiger partial charge in [0.15, 0.2) is 11.5 Å². The van der Waals surface area contributed by atoms with Crippen LogP contribution >= 0.6 is 0 Å². The number of carbonyl (C=O) groups is 1. The first kappa shape index (κ1) is 24.5. The van der Waals surface area contributed by atoms with Crippen molar-refractivity contribution in [1.29, 1.82) is 0 Å². The number of nitrogens with one attached hydrogen (secondary N) is 1. The highest BCUT2D eigenvalue weighted by Crippen LogP contribution is 2.39. The van der Waals surface area contributed by atoms with Crippen molar-refractivity contribution in [3.63, 3.8) is 0 Å². The molecular formula is C26H35N3O4. The topological polar surface area (TPSA) is 65.0 Å². The molecule has 1 heterocycles. The van der Waals surface area contributed by atoms with E-state index in [1.165, 1.54) is 16.5 Å². The lowest BCUT2D eigenvalue weighted by atomic mass is 10.0. The molecule has 0 saturated carbocycles. The quantitative estimate of drug-likeness (QED) is 0.466. The third kappa shape index (κ3) is 5.42. The molecule has 2 aromatic carbocycles.